The number of nitrogens with one attached hydrogen (secondary N) is 2. The van der Waals surface area contributed by atoms with E-state index >= 15 is 0 Å². The summed E-state index contributed by atoms with van der Waals surface area (Å²) in [6, 6.07) is 17.8. The second kappa shape index (κ2) is 7.85. The summed E-state index contributed by atoms with van der Waals surface area (Å²) in [5.41, 5.74) is 1.50. The van der Waals surface area contributed by atoms with E-state index in [1.54, 1.807) is 18.3 Å². The molecule has 6 nitrogen and oxygen atoms in total. The molecule has 0 atom stereocenters. The molecule has 0 aliphatic carbocycles. The van der Waals surface area contributed by atoms with Crippen molar-refractivity contribution in [2.75, 3.05) is 10.6 Å². The predicted molar refractivity (Wildman–Crippen MR) is 108 cm³/mol. The maximum Gasteiger partial charge on any atom is 0.274 e. The number of benzene rings is 2. The van der Waals surface area contributed by atoms with Crippen molar-refractivity contribution < 1.29 is 14.0 Å². The van der Waals surface area contributed by atoms with Crippen molar-refractivity contribution in [3.05, 3.63) is 96.2 Å². The fourth-order valence-electron chi connectivity index (χ4n) is 2.84. The Hall–Kier alpha value is -4.13. The van der Waals surface area contributed by atoms with Crippen molar-refractivity contribution in [2.45, 2.75) is 0 Å². The Labute approximate surface area is 165 Å². The molecule has 142 valence electrons. The molecule has 0 radical (unpaired) electrons. The van der Waals surface area contributed by atoms with Gasteiger partial charge in [0.25, 0.3) is 11.8 Å². The Morgan fingerprint density at radius 3 is 2.38 bits per heavy atom. The van der Waals surface area contributed by atoms with E-state index in [1.807, 2.05) is 24.3 Å². The van der Waals surface area contributed by atoms with Crippen molar-refractivity contribution >= 4 is 34.1 Å². The van der Waals surface area contributed by atoms with E-state index in [4.69, 9.17) is 0 Å². The van der Waals surface area contributed by atoms with Gasteiger partial charge in [0.1, 0.15) is 11.5 Å². The average Bonchev–Trinajstić information content (AvgIpc) is 2.75. The highest BCUT2D eigenvalue weighted by Gasteiger charge is 2.14. The fourth-order valence-corrected chi connectivity index (χ4v) is 2.84. The van der Waals surface area contributed by atoms with Crippen molar-refractivity contribution in [3.63, 3.8) is 0 Å². The first-order valence-corrected chi connectivity index (χ1v) is 8.79. The summed E-state index contributed by atoms with van der Waals surface area (Å²) in [4.78, 5) is 33.4. The molecule has 2 aromatic heterocycles. The van der Waals surface area contributed by atoms with Gasteiger partial charge in [0.15, 0.2) is 0 Å². The van der Waals surface area contributed by atoms with E-state index in [1.165, 1.54) is 36.5 Å². The van der Waals surface area contributed by atoms with Gasteiger partial charge in [0.05, 0.1) is 16.9 Å². The summed E-state index contributed by atoms with van der Waals surface area (Å²) >= 11 is 0. The second-order valence-electron chi connectivity index (χ2n) is 6.20. The van der Waals surface area contributed by atoms with E-state index in [-0.39, 0.29) is 16.9 Å². The van der Waals surface area contributed by atoms with Crippen molar-refractivity contribution in [3.8, 4) is 0 Å². The van der Waals surface area contributed by atoms with Crippen LogP contribution >= 0.6 is 0 Å². The number of rotatable bonds is 4. The molecule has 29 heavy (non-hydrogen) atoms. The molecule has 7 heteroatoms. The van der Waals surface area contributed by atoms with Gasteiger partial charge >= 0.3 is 0 Å². The summed E-state index contributed by atoms with van der Waals surface area (Å²) in [5, 5.41) is 6.15. The molecule has 0 unspecified atom stereocenters. The monoisotopic (exact) mass is 386 g/mol. The van der Waals surface area contributed by atoms with Crippen LogP contribution in [0.2, 0.25) is 0 Å². The zero-order valence-electron chi connectivity index (χ0n) is 15.1. The largest absolute Gasteiger partial charge is 0.320 e. The maximum atomic E-state index is 13.7. The quantitative estimate of drug-likeness (QED) is 0.549. The highest BCUT2D eigenvalue weighted by molar-refractivity contribution is 6.10. The van der Waals surface area contributed by atoms with Crippen molar-refractivity contribution in [1.82, 2.24) is 9.97 Å². The second-order valence-corrected chi connectivity index (χ2v) is 6.20. The Morgan fingerprint density at radius 2 is 1.52 bits per heavy atom. The number of para-hydroxylation sites is 2. The molecule has 4 aromatic rings. The van der Waals surface area contributed by atoms with Crippen molar-refractivity contribution in [2.24, 2.45) is 0 Å². The summed E-state index contributed by atoms with van der Waals surface area (Å²) < 4.78 is 13.7. The lowest BCUT2D eigenvalue weighted by Gasteiger charge is -2.09. The zero-order chi connectivity index (χ0) is 20.2. The topological polar surface area (TPSA) is 84.0 Å². The Kier molecular flexibility index (Phi) is 4.94. The van der Waals surface area contributed by atoms with Crippen LogP contribution in [0.15, 0.2) is 79.1 Å². The van der Waals surface area contributed by atoms with Gasteiger partial charge in [-0.3, -0.25) is 19.6 Å². The molecule has 0 saturated carbocycles. The van der Waals surface area contributed by atoms with Gasteiger partial charge in [-0.05, 0) is 36.4 Å². The van der Waals surface area contributed by atoms with Gasteiger partial charge in [-0.15, -0.1) is 0 Å². The van der Waals surface area contributed by atoms with E-state index < -0.39 is 17.6 Å². The van der Waals surface area contributed by atoms with Crippen LogP contribution in [-0.2, 0) is 0 Å². The van der Waals surface area contributed by atoms with Gasteiger partial charge in [-0.2, -0.15) is 0 Å². The minimum absolute atomic E-state index is 0.00283. The molecule has 0 bridgehead atoms. The van der Waals surface area contributed by atoms with E-state index in [9.17, 15) is 14.0 Å². The molecular formula is C22H15FN4O2. The summed E-state index contributed by atoms with van der Waals surface area (Å²) in [6.45, 7) is 0. The van der Waals surface area contributed by atoms with Crippen molar-refractivity contribution in [1.29, 1.82) is 0 Å². The first kappa shape index (κ1) is 18.2. The maximum absolute atomic E-state index is 13.7. The standard InChI is InChI=1S/C22H15FN4O2/c23-16-7-1-2-8-17(16)26-22(29)19-13-15(10-12-24-19)21(28)27-18-9-3-5-14-6-4-11-25-20(14)18/h1-13H,(H,26,29)(H,27,28). The number of fused-ring (bicyclic) bond motifs is 1. The molecular weight excluding hydrogens is 371 g/mol. The van der Waals surface area contributed by atoms with Crippen LogP contribution in [0.3, 0.4) is 0 Å². The number of nitrogens with zero attached hydrogens (tertiary/aromatic N) is 2. The molecule has 0 aliphatic rings. The normalized spacial score (nSPS) is 10.5. The number of anilines is 2. The highest BCUT2D eigenvalue weighted by Crippen LogP contribution is 2.21. The third kappa shape index (κ3) is 3.93. The molecule has 2 N–H and O–H groups in total. The van der Waals surface area contributed by atoms with Crippen LogP contribution in [0, 0.1) is 5.82 Å². The van der Waals surface area contributed by atoms with Gasteiger partial charge in [0.2, 0.25) is 0 Å². The predicted octanol–water partition coefficient (Wildman–Crippen LogP) is 4.27. The number of hydrogen-bond acceptors (Lipinski definition) is 4. The first-order chi connectivity index (χ1) is 14.1. The van der Waals surface area contributed by atoms with Crippen LogP contribution in [0.25, 0.3) is 10.9 Å². The Balaban J connectivity index is 1.56. The summed E-state index contributed by atoms with van der Waals surface area (Å²) in [5.74, 6) is -1.58. The van der Waals surface area contributed by atoms with Gasteiger partial charge in [0, 0.05) is 23.3 Å². The lowest BCUT2D eigenvalue weighted by Crippen LogP contribution is -2.17. The third-order valence-electron chi connectivity index (χ3n) is 4.26. The number of carbonyl (C=O) groups is 2. The molecule has 0 saturated heterocycles. The SMILES string of the molecule is O=C(Nc1cccc2cccnc12)c1ccnc(C(=O)Nc2ccccc2F)c1. The number of amides is 2. The van der Waals surface area contributed by atoms with Crippen LogP contribution in [-0.4, -0.2) is 21.8 Å². The lowest BCUT2D eigenvalue weighted by atomic mass is 10.1. The summed E-state index contributed by atoms with van der Waals surface area (Å²) in [7, 11) is 0. The highest BCUT2D eigenvalue weighted by atomic mass is 19.1. The number of pyridine rings is 2. The Bertz CT molecular complexity index is 1220. The van der Waals surface area contributed by atoms with Crippen LogP contribution < -0.4 is 10.6 Å². The number of aromatic nitrogens is 2. The van der Waals surface area contributed by atoms with E-state index in [0.717, 1.165) is 5.39 Å². The number of carbonyl (C=O) groups excluding carboxylic acids is 2. The molecule has 0 spiro atoms. The van der Waals surface area contributed by atoms with Crippen LogP contribution in [0.4, 0.5) is 15.8 Å². The van der Waals surface area contributed by atoms with E-state index in [0.29, 0.717) is 11.2 Å². The first-order valence-electron chi connectivity index (χ1n) is 8.79. The Morgan fingerprint density at radius 1 is 0.759 bits per heavy atom. The average molecular weight is 386 g/mol. The third-order valence-corrected chi connectivity index (χ3v) is 4.26. The van der Waals surface area contributed by atoms with Crippen LogP contribution in [0.1, 0.15) is 20.8 Å². The van der Waals surface area contributed by atoms with Gasteiger partial charge < -0.3 is 10.6 Å². The minimum Gasteiger partial charge on any atom is -0.320 e. The summed E-state index contributed by atoms with van der Waals surface area (Å²) in [6.07, 6.45) is 3.00. The molecule has 4 rings (SSSR count). The van der Waals surface area contributed by atoms with Gasteiger partial charge in [-0.1, -0.05) is 30.3 Å². The minimum atomic E-state index is -0.614. The lowest BCUT2D eigenvalue weighted by molar-refractivity contribution is 0.102. The van der Waals surface area contributed by atoms with Gasteiger partial charge in [-0.25, -0.2) is 4.39 Å². The molecule has 0 fully saturated rings. The van der Waals surface area contributed by atoms with E-state index in [2.05, 4.69) is 20.6 Å². The smallest absolute Gasteiger partial charge is 0.274 e. The number of hydrogen-bond donors (Lipinski definition) is 2. The molecule has 0 aliphatic heterocycles. The fraction of sp³-hybridized carbons (Fsp3) is 0. The zero-order valence-corrected chi connectivity index (χ0v) is 15.1. The molecule has 2 aromatic carbocycles. The van der Waals surface area contributed by atoms with Crippen LogP contribution in [0.5, 0.6) is 0 Å². The number of halogens is 1. The molecule has 2 heterocycles. The molecule has 2 amide bonds.